The third kappa shape index (κ3) is 7.84. The summed E-state index contributed by atoms with van der Waals surface area (Å²) < 4.78 is 0. The third-order valence-electron chi connectivity index (χ3n) is 2.80. The lowest BCUT2D eigenvalue weighted by Gasteiger charge is -2.18. The van der Waals surface area contributed by atoms with Crippen molar-refractivity contribution in [3.8, 4) is 0 Å². The molecular weight excluding hydrogens is 314 g/mol. The Bertz CT molecular complexity index is 431. The summed E-state index contributed by atoms with van der Waals surface area (Å²) in [4.78, 5) is 44.6. The van der Waals surface area contributed by atoms with Crippen LogP contribution in [0.25, 0.3) is 0 Å². The van der Waals surface area contributed by atoms with E-state index in [0.717, 1.165) is 0 Å². The molecule has 10 heteroatoms. The van der Waals surface area contributed by atoms with Gasteiger partial charge < -0.3 is 26.6 Å². The number of carbonyl (C=O) groups excluding carboxylic acids is 2. The third-order valence-corrected chi connectivity index (χ3v) is 3.16. The van der Waals surface area contributed by atoms with Gasteiger partial charge in [-0.15, -0.1) is 0 Å². The van der Waals surface area contributed by atoms with Gasteiger partial charge in [0.05, 0.1) is 0 Å². The number of hydrogen-bond donors (Lipinski definition) is 6. The zero-order chi connectivity index (χ0) is 17.3. The molecule has 126 valence electrons. The van der Waals surface area contributed by atoms with E-state index in [9.17, 15) is 19.2 Å². The summed E-state index contributed by atoms with van der Waals surface area (Å²) in [6, 6.07) is -3.08. The second-order valence-corrected chi connectivity index (χ2v) is 5.07. The minimum absolute atomic E-state index is 0.00144. The maximum absolute atomic E-state index is 11.8. The highest BCUT2D eigenvalue weighted by Gasteiger charge is 2.23. The molecule has 0 bridgehead atoms. The second kappa shape index (κ2) is 10.0. The molecular formula is C12H21N3O6S. The van der Waals surface area contributed by atoms with Crippen molar-refractivity contribution in [2.45, 2.75) is 44.3 Å². The Balaban J connectivity index is 4.26. The maximum Gasteiger partial charge on any atom is 0.325 e. The first kappa shape index (κ1) is 20.2. The normalized spacial score (nSPS) is 14.5. The molecule has 0 saturated carbocycles. The number of aliphatic carboxylic acids is 2. The van der Waals surface area contributed by atoms with E-state index in [1.807, 2.05) is 0 Å². The van der Waals surface area contributed by atoms with Gasteiger partial charge in [-0.1, -0.05) is 0 Å². The van der Waals surface area contributed by atoms with Crippen molar-refractivity contribution in [2.24, 2.45) is 5.73 Å². The Hall–Kier alpha value is -1.81. The molecule has 0 unspecified atom stereocenters. The van der Waals surface area contributed by atoms with Crippen molar-refractivity contribution < 1.29 is 29.4 Å². The van der Waals surface area contributed by atoms with Gasteiger partial charge >= 0.3 is 11.9 Å². The maximum atomic E-state index is 11.8. The van der Waals surface area contributed by atoms with Crippen LogP contribution in [0.5, 0.6) is 0 Å². The molecule has 3 atom stereocenters. The molecule has 0 aromatic heterocycles. The van der Waals surface area contributed by atoms with Gasteiger partial charge in [0, 0.05) is 12.2 Å². The van der Waals surface area contributed by atoms with Gasteiger partial charge in [0.25, 0.3) is 0 Å². The fraction of sp³-hybridized carbons (Fsp3) is 0.667. The smallest absolute Gasteiger partial charge is 0.325 e. The number of nitrogens with two attached hydrogens (primary N) is 1. The topological polar surface area (TPSA) is 159 Å². The van der Waals surface area contributed by atoms with Gasteiger partial charge in [-0.05, 0) is 19.8 Å². The van der Waals surface area contributed by atoms with Gasteiger partial charge in [-0.25, -0.2) is 0 Å². The van der Waals surface area contributed by atoms with Crippen molar-refractivity contribution in [1.82, 2.24) is 10.6 Å². The number of carboxylic acid groups (broad SMARTS) is 2. The molecule has 0 fully saturated rings. The monoisotopic (exact) mass is 335 g/mol. The molecule has 6 N–H and O–H groups in total. The molecule has 22 heavy (non-hydrogen) atoms. The van der Waals surface area contributed by atoms with Crippen molar-refractivity contribution in [1.29, 1.82) is 0 Å². The summed E-state index contributed by atoms with van der Waals surface area (Å²) in [5.41, 5.74) is 5.30. The fourth-order valence-electron chi connectivity index (χ4n) is 1.44. The van der Waals surface area contributed by atoms with Crippen LogP contribution < -0.4 is 16.4 Å². The molecule has 0 aromatic rings. The predicted octanol–water partition coefficient (Wildman–Crippen LogP) is -1.43. The van der Waals surface area contributed by atoms with Crippen molar-refractivity contribution >= 4 is 36.4 Å². The summed E-state index contributed by atoms with van der Waals surface area (Å²) in [5, 5.41) is 21.9. The number of amides is 2. The Morgan fingerprint density at radius 2 is 1.73 bits per heavy atom. The van der Waals surface area contributed by atoms with Crippen LogP contribution in [0, 0.1) is 0 Å². The van der Waals surface area contributed by atoms with Crippen LogP contribution in [0.3, 0.4) is 0 Å². The van der Waals surface area contributed by atoms with Gasteiger partial charge in [-0.2, -0.15) is 12.6 Å². The fourth-order valence-corrected chi connectivity index (χ4v) is 1.70. The first-order valence-corrected chi connectivity index (χ1v) is 7.24. The van der Waals surface area contributed by atoms with Crippen LogP contribution in [0.4, 0.5) is 0 Å². The standard InChI is InChI=1S/C12H21N3O6S/c1-6(11(18)19)14-10(17)8(5-22)15-9(16)4-2-3-7(13)12(20)21/h6-8,22H,2-5,13H2,1H3,(H,14,17)(H,15,16)(H,18,19)(H,20,21)/t6-,7+,8+/m1/s1. The predicted molar refractivity (Wildman–Crippen MR) is 80.5 cm³/mol. The molecule has 0 aromatic carbocycles. The Labute approximate surface area is 133 Å². The molecule has 9 nitrogen and oxygen atoms in total. The van der Waals surface area contributed by atoms with Gasteiger partial charge in [0.2, 0.25) is 11.8 Å². The van der Waals surface area contributed by atoms with Crippen molar-refractivity contribution in [3.05, 3.63) is 0 Å². The highest BCUT2D eigenvalue weighted by molar-refractivity contribution is 7.80. The second-order valence-electron chi connectivity index (χ2n) is 4.71. The number of rotatable bonds is 10. The van der Waals surface area contributed by atoms with E-state index in [0.29, 0.717) is 0 Å². The molecule has 0 spiro atoms. The quantitative estimate of drug-likeness (QED) is 0.267. The molecule has 0 aliphatic rings. The van der Waals surface area contributed by atoms with Gasteiger partial charge in [0.15, 0.2) is 0 Å². The number of nitrogens with one attached hydrogen (secondary N) is 2. The lowest BCUT2D eigenvalue weighted by Crippen LogP contribution is -2.51. The molecule has 0 saturated heterocycles. The van der Waals surface area contributed by atoms with Crippen LogP contribution in [-0.4, -0.2) is 57.8 Å². The summed E-state index contributed by atoms with van der Waals surface area (Å²) in [7, 11) is 0. The number of hydrogen-bond acceptors (Lipinski definition) is 6. The minimum Gasteiger partial charge on any atom is -0.480 e. The number of thiol groups is 1. The lowest BCUT2D eigenvalue weighted by atomic mass is 10.1. The highest BCUT2D eigenvalue weighted by Crippen LogP contribution is 2.01. The van der Waals surface area contributed by atoms with Crippen molar-refractivity contribution in [2.75, 3.05) is 5.75 Å². The van der Waals surface area contributed by atoms with E-state index in [1.54, 1.807) is 0 Å². The molecule has 0 heterocycles. The summed E-state index contributed by atoms with van der Waals surface area (Å²) in [6.45, 7) is 1.30. The first-order chi connectivity index (χ1) is 10.2. The SMILES string of the molecule is C[C@@H](NC(=O)[C@H](CS)NC(=O)CCC[C@H](N)C(=O)O)C(=O)O. The lowest BCUT2D eigenvalue weighted by molar-refractivity contribution is -0.141. The average Bonchev–Trinajstić information content (AvgIpc) is 2.43. The van der Waals surface area contributed by atoms with Crippen molar-refractivity contribution in [3.63, 3.8) is 0 Å². The first-order valence-electron chi connectivity index (χ1n) is 6.60. The van der Waals surface area contributed by atoms with Crippen LogP contribution >= 0.6 is 12.6 Å². The van der Waals surface area contributed by atoms with E-state index in [1.165, 1.54) is 6.92 Å². The molecule has 0 radical (unpaired) electrons. The van der Waals surface area contributed by atoms with Crippen LogP contribution in [0.15, 0.2) is 0 Å². The van der Waals surface area contributed by atoms with E-state index < -0.39 is 41.9 Å². The van der Waals surface area contributed by atoms with E-state index >= 15 is 0 Å². The number of carboxylic acids is 2. The van der Waals surface area contributed by atoms with E-state index in [4.69, 9.17) is 15.9 Å². The molecule has 0 aliphatic carbocycles. The van der Waals surface area contributed by atoms with Crippen LogP contribution in [0.2, 0.25) is 0 Å². The highest BCUT2D eigenvalue weighted by atomic mass is 32.1. The van der Waals surface area contributed by atoms with E-state index in [2.05, 4.69) is 23.3 Å². The molecule has 0 rings (SSSR count). The van der Waals surface area contributed by atoms with Gasteiger partial charge in [0.1, 0.15) is 18.1 Å². The largest absolute Gasteiger partial charge is 0.480 e. The van der Waals surface area contributed by atoms with Gasteiger partial charge in [-0.3, -0.25) is 19.2 Å². The Morgan fingerprint density at radius 1 is 1.14 bits per heavy atom. The van der Waals surface area contributed by atoms with Crippen LogP contribution in [0.1, 0.15) is 26.2 Å². The Kier molecular flexibility index (Phi) is 9.18. The summed E-state index contributed by atoms with van der Waals surface area (Å²) in [6.07, 6.45) is 0.398. The Morgan fingerprint density at radius 3 is 2.18 bits per heavy atom. The zero-order valence-electron chi connectivity index (χ0n) is 12.1. The summed E-state index contributed by atoms with van der Waals surface area (Å²) >= 11 is 3.93. The molecule has 0 aliphatic heterocycles. The van der Waals surface area contributed by atoms with Crippen LogP contribution in [-0.2, 0) is 19.2 Å². The number of carbonyl (C=O) groups is 4. The zero-order valence-corrected chi connectivity index (χ0v) is 13.0. The molecule has 2 amide bonds. The summed E-state index contributed by atoms with van der Waals surface area (Å²) in [5.74, 6) is -3.45. The average molecular weight is 335 g/mol. The minimum atomic E-state index is -1.19. The van der Waals surface area contributed by atoms with E-state index in [-0.39, 0.29) is 25.0 Å².